The second-order valence-electron chi connectivity index (χ2n) is 2.25. The van der Waals surface area contributed by atoms with Gasteiger partial charge in [0.05, 0.1) is 6.61 Å². The summed E-state index contributed by atoms with van der Waals surface area (Å²) in [6.07, 6.45) is 0. The van der Waals surface area contributed by atoms with Crippen LogP contribution >= 0.6 is 0 Å². The lowest BCUT2D eigenvalue weighted by Gasteiger charge is -1.98. The average Bonchev–Trinajstić information content (AvgIpc) is 2.13. The smallest absolute Gasteiger partial charge is 0.128 e. The zero-order chi connectivity index (χ0) is 9.56. The molecule has 0 aliphatic heterocycles. The lowest BCUT2D eigenvalue weighted by Crippen LogP contribution is -1.89. The van der Waals surface area contributed by atoms with Crippen LogP contribution in [0, 0.1) is 12.7 Å². The van der Waals surface area contributed by atoms with Gasteiger partial charge in [-0.15, -0.1) is 0 Å². The van der Waals surface area contributed by atoms with Crippen LogP contribution in [0.1, 0.15) is 25.0 Å². The minimum atomic E-state index is -0.340. The summed E-state index contributed by atoms with van der Waals surface area (Å²) in [7, 11) is 0. The summed E-state index contributed by atoms with van der Waals surface area (Å²) >= 11 is 0. The van der Waals surface area contributed by atoms with E-state index < -0.39 is 0 Å². The molecular weight excluding hydrogens is 155 g/mol. The maximum absolute atomic E-state index is 12.6. The SMILES string of the molecule is CC.Cc1ccc(F)c(CO)c1. The molecule has 68 valence electrons. The van der Waals surface area contributed by atoms with Gasteiger partial charge in [-0.25, -0.2) is 4.39 Å². The van der Waals surface area contributed by atoms with Gasteiger partial charge in [0.1, 0.15) is 5.82 Å². The normalized spacial score (nSPS) is 8.75. The molecule has 1 rings (SSSR count). The standard InChI is InChI=1S/C8H9FO.C2H6/c1-6-2-3-8(9)7(4-6)5-10;1-2/h2-4,10H,5H2,1H3;1-2H3. The number of halogens is 1. The highest BCUT2D eigenvalue weighted by molar-refractivity contribution is 5.23. The summed E-state index contributed by atoms with van der Waals surface area (Å²) in [4.78, 5) is 0. The fourth-order valence-electron chi connectivity index (χ4n) is 0.825. The van der Waals surface area contributed by atoms with E-state index in [9.17, 15) is 4.39 Å². The van der Waals surface area contributed by atoms with Crippen molar-refractivity contribution in [1.82, 2.24) is 0 Å². The fourth-order valence-corrected chi connectivity index (χ4v) is 0.825. The van der Waals surface area contributed by atoms with Gasteiger partial charge in [0.15, 0.2) is 0 Å². The largest absolute Gasteiger partial charge is 0.392 e. The van der Waals surface area contributed by atoms with Crippen molar-refractivity contribution in [2.45, 2.75) is 27.4 Å². The molecule has 0 radical (unpaired) electrons. The van der Waals surface area contributed by atoms with Gasteiger partial charge >= 0.3 is 0 Å². The Hall–Kier alpha value is -0.890. The number of benzene rings is 1. The average molecular weight is 170 g/mol. The van der Waals surface area contributed by atoms with Crippen molar-refractivity contribution in [2.24, 2.45) is 0 Å². The maximum atomic E-state index is 12.6. The number of hydrogen-bond donors (Lipinski definition) is 1. The zero-order valence-corrected chi connectivity index (χ0v) is 7.76. The zero-order valence-electron chi connectivity index (χ0n) is 7.76. The van der Waals surface area contributed by atoms with Crippen LogP contribution in [-0.2, 0) is 6.61 Å². The summed E-state index contributed by atoms with van der Waals surface area (Å²) in [6.45, 7) is 5.63. The third-order valence-corrected chi connectivity index (χ3v) is 1.37. The maximum Gasteiger partial charge on any atom is 0.128 e. The first-order valence-corrected chi connectivity index (χ1v) is 4.10. The van der Waals surface area contributed by atoms with Gasteiger partial charge in [-0.2, -0.15) is 0 Å². The Balaban J connectivity index is 0.000000561. The fraction of sp³-hybridized carbons (Fsp3) is 0.400. The van der Waals surface area contributed by atoms with Crippen LogP contribution in [-0.4, -0.2) is 5.11 Å². The molecule has 1 aromatic rings. The van der Waals surface area contributed by atoms with E-state index in [4.69, 9.17) is 5.11 Å². The summed E-state index contributed by atoms with van der Waals surface area (Å²) in [5.41, 5.74) is 1.32. The van der Waals surface area contributed by atoms with Gasteiger partial charge in [0.2, 0.25) is 0 Å². The van der Waals surface area contributed by atoms with E-state index in [2.05, 4.69) is 0 Å². The van der Waals surface area contributed by atoms with Crippen LogP contribution in [0.15, 0.2) is 18.2 Å². The Kier molecular flexibility index (Phi) is 5.30. The molecule has 1 aromatic carbocycles. The number of hydrogen-bond acceptors (Lipinski definition) is 1. The molecule has 0 heterocycles. The summed E-state index contributed by atoms with van der Waals surface area (Å²) < 4.78 is 12.6. The van der Waals surface area contributed by atoms with E-state index in [1.165, 1.54) is 6.07 Å². The Bertz CT molecular complexity index is 233. The first-order chi connectivity index (χ1) is 5.74. The summed E-state index contributed by atoms with van der Waals surface area (Å²) in [6, 6.07) is 4.67. The minimum absolute atomic E-state index is 0.229. The summed E-state index contributed by atoms with van der Waals surface area (Å²) in [5.74, 6) is -0.340. The van der Waals surface area contributed by atoms with Crippen LogP contribution in [0.2, 0.25) is 0 Å². The van der Waals surface area contributed by atoms with E-state index in [-0.39, 0.29) is 12.4 Å². The molecule has 0 spiro atoms. The Morgan fingerprint density at radius 2 is 1.92 bits per heavy atom. The molecular formula is C10H15FO. The summed E-state index contributed by atoms with van der Waals surface area (Å²) in [5, 5.41) is 8.60. The van der Waals surface area contributed by atoms with E-state index in [0.29, 0.717) is 5.56 Å². The van der Waals surface area contributed by atoms with Crippen molar-refractivity contribution in [2.75, 3.05) is 0 Å². The highest BCUT2D eigenvalue weighted by Crippen LogP contribution is 2.08. The van der Waals surface area contributed by atoms with Crippen molar-refractivity contribution in [1.29, 1.82) is 0 Å². The number of aliphatic hydroxyl groups is 1. The monoisotopic (exact) mass is 170 g/mol. The van der Waals surface area contributed by atoms with Crippen molar-refractivity contribution < 1.29 is 9.50 Å². The topological polar surface area (TPSA) is 20.2 Å². The molecule has 0 saturated carbocycles. The van der Waals surface area contributed by atoms with Gasteiger partial charge in [-0.3, -0.25) is 0 Å². The molecule has 1 N–H and O–H groups in total. The molecule has 0 amide bonds. The van der Waals surface area contributed by atoms with Crippen molar-refractivity contribution in [3.05, 3.63) is 35.1 Å². The molecule has 0 unspecified atom stereocenters. The van der Waals surface area contributed by atoms with Crippen LogP contribution < -0.4 is 0 Å². The van der Waals surface area contributed by atoms with Crippen molar-refractivity contribution >= 4 is 0 Å². The lowest BCUT2D eigenvalue weighted by atomic mass is 10.1. The molecule has 0 aromatic heterocycles. The van der Waals surface area contributed by atoms with E-state index in [1.54, 1.807) is 12.1 Å². The van der Waals surface area contributed by atoms with Gasteiger partial charge < -0.3 is 5.11 Å². The molecule has 0 saturated heterocycles. The van der Waals surface area contributed by atoms with Gasteiger partial charge in [-0.05, 0) is 13.0 Å². The predicted octanol–water partition coefficient (Wildman–Crippen LogP) is 2.65. The molecule has 12 heavy (non-hydrogen) atoms. The van der Waals surface area contributed by atoms with E-state index in [0.717, 1.165) is 5.56 Å². The third-order valence-electron chi connectivity index (χ3n) is 1.37. The quantitative estimate of drug-likeness (QED) is 0.687. The van der Waals surface area contributed by atoms with Crippen LogP contribution in [0.25, 0.3) is 0 Å². The molecule has 0 aliphatic rings. The highest BCUT2D eigenvalue weighted by Gasteiger charge is 1.98. The predicted molar refractivity (Wildman–Crippen MR) is 48.4 cm³/mol. The molecule has 1 nitrogen and oxygen atoms in total. The second-order valence-corrected chi connectivity index (χ2v) is 2.25. The minimum Gasteiger partial charge on any atom is -0.392 e. The Morgan fingerprint density at radius 1 is 1.33 bits per heavy atom. The second kappa shape index (κ2) is 5.72. The van der Waals surface area contributed by atoms with Gasteiger partial charge in [0.25, 0.3) is 0 Å². The number of rotatable bonds is 1. The van der Waals surface area contributed by atoms with Gasteiger partial charge in [0, 0.05) is 5.56 Å². The highest BCUT2D eigenvalue weighted by atomic mass is 19.1. The Morgan fingerprint density at radius 3 is 2.33 bits per heavy atom. The molecule has 0 fully saturated rings. The Labute approximate surface area is 72.9 Å². The van der Waals surface area contributed by atoms with E-state index in [1.807, 2.05) is 20.8 Å². The van der Waals surface area contributed by atoms with E-state index >= 15 is 0 Å². The molecule has 0 aliphatic carbocycles. The van der Waals surface area contributed by atoms with Crippen molar-refractivity contribution in [3.63, 3.8) is 0 Å². The van der Waals surface area contributed by atoms with Gasteiger partial charge in [-0.1, -0.05) is 31.5 Å². The molecule has 0 atom stereocenters. The molecule has 0 bridgehead atoms. The van der Waals surface area contributed by atoms with Crippen LogP contribution in [0.4, 0.5) is 4.39 Å². The third kappa shape index (κ3) is 3.01. The molecule has 2 heteroatoms. The van der Waals surface area contributed by atoms with Crippen LogP contribution in [0.3, 0.4) is 0 Å². The number of aliphatic hydroxyl groups excluding tert-OH is 1. The number of aryl methyl sites for hydroxylation is 1. The first-order valence-electron chi connectivity index (χ1n) is 4.10. The lowest BCUT2D eigenvalue weighted by molar-refractivity contribution is 0.275. The van der Waals surface area contributed by atoms with Crippen molar-refractivity contribution in [3.8, 4) is 0 Å². The first kappa shape index (κ1) is 11.1. The van der Waals surface area contributed by atoms with Crippen LogP contribution in [0.5, 0.6) is 0 Å².